The number of hydrogen-bond acceptors (Lipinski definition) is 4. The van der Waals surface area contributed by atoms with Crippen molar-refractivity contribution in [3.63, 3.8) is 0 Å². The van der Waals surface area contributed by atoms with E-state index in [1.807, 2.05) is 0 Å². The van der Waals surface area contributed by atoms with E-state index >= 15 is 0 Å². The molecule has 0 atom stereocenters. The molecule has 0 aliphatic heterocycles. The Balaban J connectivity index is 1.76. The Hall–Kier alpha value is -2.73. The van der Waals surface area contributed by atoms with Gasteiger partial charge < -0.3 is 9.73 Å². The third-order valence-electron chi connectivity index (χ3n) is 2.81. The van der Waals surface area contributed by atoms with Gasteiger partial charge in [0, 0.05) is 16.3 Å². The summed E-state index contributed by atoms with van der Waals surface area (Å²) in [5.74, 6) is -0.956. The second-order valence-electron chi connectivity index (χ2n) is 4.38. The van der Waals surface area contributed by atoms with E-state index in [4.69, 9.17) is 16.0 Å². The van der Waals surface area contributed by atoms with Crippen molar-refractivity contribution in [2.45, 2.75) is 0 Å². The molecule has 0 radical (unpaired) electrons. The molecule has 0 aliphatic carbocycles. The molecule has 0 saturated heterocycles. The van der Waals surface area contributed by atoms with Gasteiger partial charge in [-0.1, -0.05) is 11.6 Å². The molecule has 0 bridgehead atoms. The number of anilines is 1. The minimum absolute atomic E-state index is 0.140. The van der Waals surface area contributed by atoms with Crippen molar-refractivity contribution in [1.29, 1.82) is 0 Å². The molecule has 0 spiro atoms. The highest BCUT2D eigenvalue weighted by molar-refractivity contribution is 6.30. The van der Waals surface area contributed by atoms with Crippen LogP contribution in [0.3, 0.4) is 0 Å². The van der Waals surface area contributed by atoms with Crippen LogP contribution in [0, 0.1) is 5.82 Å². The fourth-order valence-electron chi connectivity index (χ4n) is 1.74. The Bertz CT molecular complexity index is 800. The number of carbonyl (C=O) groups is 1. The third-order valence-corrected chi connectivity index (χ3v) is 3.06. The Morgan fingerprint density at radius 2 is 1.73 bits per heavy atom. The quantitative estimate of drug-likeness (QED) is 0.798. The smallest absolute Gasteiger partial charge is 0.313 e. The van der Waals surface area contributed by atoms with Gasteiger partial charge in [-0.3, -0.25) is 4.79 Å². The van der Waals surface area contributed by atoms with Crippen LogP contribution in [-0.4, -0.2) is 16.1 Å². The summed E-state index contributed by atoms with van der Waals surface area (Å²) in [7, 11) is 0. The normalized spacial score (nSPS) is 10.5. The molecule has 0 aliphatic rings. The molecule has 0 saturated carbocycles. The van der Waals surface area contributed by atoms with Crippen LogP contribution in [0.1, 0.15) is 10.7 Å². The summed E-state index contributed by atoms with van der Waals surface area (Å²) >= 11 is 5.77. The predicted octanol–water partition coefficient (Wildman–Crippen LogP) is 3.78. The van der Waals surface area contributed by atoms with Gasteiger partial charge in [0.25, 0.3) is 0 Å². The van der Waals surface area contributed by atoms with Gasteiger partial charge in [-0.2, -0.15) is 0 Å². The second kappa shape index (κ2) is 5.95. The van der Waals surface area contributed by atoms with Crippen molar-refractivity contribution >= 4 is 23.2 Å². The maximum absolute atomic E-state index is 12.9. The van der Waals surface area contributed by atoms with Crippen LogP contribution >= 0.6 is 11.6 Å². The molecule has 22 heavy (non-hydrogen) atoms. The first kappa shape index (κ1) is 14.2. The lowest BCUT2D eigenvalue weighted by molar-refractivity contribution is 0.0991. The molecule has 2 aromatic carbocycles. The molecule has 5 nitrogen and oxygen atoms in total. The number of nitrogens with one attached hydrogen (secondary N) is 1. The van der Waals surface area contributed by atoms with E-state index < -0.39 is 5.91 Å². The van der Waals surface area contributed by atoms with Crippen molar-refractivity contribution in [2.75, 3.05) is 5.32 Å². The first-order valence-corrected chi connectivity index (χ1v) is 6.66. The fourth-order valence-corrected chi connectivity index (χ4v) is 1.87. The van der Waals surface area contributed by atoms with Gasteiger partial charge in [0.15, 0.2) is 0 Å². The fraction of sp³-hybridized carbons (Fsp3) is 0. The number of aromatic nitrogens is 2. The van der Waals surface area contributed by atoms with Crippen LogP contribution in [0.15, 0.2) is 52.9 Å². The van der Waals surface area contributed by atoms with Crippen molar-refractivity contribution < 1.29 is 13.6 Å². The summed E-state index contributed by atoms with van der Waals surface area (Å²) in [6.07, 6.45) is 0. The molecule has 3 aromatic rings. The van der Waals surface area contributed by atoms with E-state index in [1.165, 1.54) is 24.3 Å². The first-order valence-electron chi connectivity index (χ1n) is 6.28. The third kappa shape index (κ3) is 3.12. The summed E-state index contributed by atoms with van der Waals surface area (Å²) in [4.78, 5) is 12.0. The standard InChI is InChI=1S/C15H9ClFN3O2/c16-10-3-7-12(8-4-10)18-13(21)15-20-19-14(22-15)9-1-5-11(17)6-2-9/h1-8H,(H,18,21). The predicted molar refractivity (Wildman–Crippen MR) is 79.1 cm³/mol. The van der Waals surface area contributed by atoms with Gasteiger partial charge in [0.1, 0.15) is 5.82 Å². The maximum Gasteiger partial charge on any atom is 0.313 e. The first-order chi connectivity index (χ1) is 10.6. The van der Waals surface area contributed by atoms with Crippen molar-refractivity contribution in [3.05, 3.63) is 65.3 Å². The number of amides is 1. The monoisotopic (exact) mass is 317 g/mol. The number of benzene rings is 2. The summed E-state index contributed by atoms with van der Waals surface area (Å²) < 4.78 is 18.2. The second-order valence-corrected chi connectivity index (χ2v) is 4.82. The number of halogens is 2. The van der Waals surface area contributed by atoms with Crippen LogP contribution in [0.2, 0.25) is 5.02 Å². The number of rotatable bonds is 3. The van der Waals surface area contributed by atoms with E-state index in [0.29, 0.717) is 16.3 Å². The lowest BCUT2D eigenvalue weighted by Crippen LogP contribution is -2.12. The van der Waals surface area contributed by atoms with E-state index in [0.717, 1.165) is 0 Å². The van der Waals surface area contributed by atoms with Crippen molar-refractivity contribution in [1.82, 2.24) is 10.2 Å². The SMILES string of the molecule is O=C(Nc1ccc(Cl)cc1)c1nnc(-c2ccc(F)cc2)o1. The Morgan fingerprint density at radius 1 is 1.05 bits per heavy atom. The van der Waals surface area contributed by atoms with Gasteiger partial charge in [-0.15, -0.1) is 10.2 Å². The van der Waals surface area contributed by atoms with Gasteiger partial charge in [-0.25, -0.2) is 4.39 Å². The molecular formula is C15H9ClFN3O2. The van der Waals surface area contributed by atoms with Gasteiger partial charge in [0.05, 0.1) is 0 Å². The Labute approximate surface area is 129 Å². The van der Waals surface area contributed by atoms with Crippen molar-refractivity contribution in [2.24, 2.45) is 0 Å². The summed E-state index contributed by atoms with van der Waals surface area (Å²) in [6, 6.07) is 12.1. The lowest BCUT2D eigenvalue weighted by atomic mass is 10.2. The average molecular weight is 318 g/mol. The van der Waals surface area contributed by atoms with Gasteiger partial charge >= 0.3 is 11.8 Å². The minimum atomic E-state index is -0.539. The number of hydrogen-bond donors (Lipinski definition) is 1. The molecule has 1 N–H and O–H groups in total. The molecule has 1 amide bonds. The molecule has 7 heteroatoms. The minimum Gasteiger partial charge on any atom is -0.412 e. The van der Waals surface area contributed by atoms with Crippen LogP contribution in [0.5, 0.6) is 0 Å². The summed E-state index contributed by atoms with van der Waals surface area (Å²) in [5.41, 5.74) is 1.08. The summed E-state index contributed by atoms with van der Waals surface area (Å²) in [5, 5.41) is 10.6. The van der Waals surface area contributed by atoms with Gasteiger partial charge in [-0.05, 0) is 48.5 Å². The molecular weight excluding hydrogens is 309 g/mol. The zero-order valence-electron chi connectivity index (χ0n) is 11.1. The zero-order valence-corrected chi connectivity index (χ0v) is 11.8. The highest BCUT2D eigenvalue weighted by atomic mass is 35.5. The topological polar surface area (TPSA) is 68.0 Å². The highest BCUT2D eigenvalue weighted by Gasteiger charge is 2.16. The van der Waals surface area contributed by atoms with E-state index in [2.05, 4.69) is 15.5 Å². The van der Waals surface area contributed by atoms with Crippen LogP contribution in [0.4, 0.5) is 10.1 Å². The molecule has 1 heterocycles. The van der Waals surface area contributed by atoms with Crippen LogP contribution in [0.25, 0.3) is 11.5 Å². The zero-order chi connectivity index (χ0) is 15.5. The maximum atomic E-state index is 12.9. The largest absolute Gasteiger partial charge is 0.412 e. The highest BCUT2D eigenvalue weighted by Crippen LogP contribution is 2.19. The van der Waals surface area contributed by atoms with E-state index in [1.54, 1.807) is 24.3 Å². The van der Waals surface area contributed by atoms with E-state index in [9.17, 15) is 9.18 Å². The van der Waals surface area contributed by atoms with Crippen LogP contribution < -0.4 is 5.32 Å². The Morgan fingerprint density at radius 3 is 2.41 bits per heavy atom. The van der Waals surface area contributed by atoms with E-state index in [-0.39, 0.29) is 17.6 Å². The molecule has 0 unspecified atom stereocenters. The molecule has 0 fully saturated rings. The molecule has 3 rings (SSSR count). The molecule has 1 aromatic heterocycles. The number of carbonyl (C=O) groups excluding carboxylic acids is 1. The van der Waals surface area contributed by atoms with Gasteiger partial charge in [0.2, 0.25) is 5.89 Å². The number of nitrogens with zero attached hydrogens (tertiary/aromatic N) is 2. The summed E-state index contributed by atoms with van der Waals surface area (Å²) in [6.45, 7) is 0. The average Bonchev–Trinajstić information content (AvgIpc) is 3.00. The molecule has 110 valence electrons. The van der Waals surface area contributed by atoms with Crippen molar-refractivity contribution in [3.8, 4) is 11.5 Å². The lowest BCUT2D eigenvalue weighted by Gasteiger charge is -2.01. The van der Waals surface area contributed by atoms with Crippen LogP contribution in [-0.2, 0) is 0 Å². The Kier molecular flexibility index (Phi) is 3.84.